The van der Waals surface area contributed by atoms with Gasteiger partial charge in [0.2, 0.25) is 0 Å². The second-order valence-corrected chi connectivity index (χ2v) is 2.87. The van der Waals surface area contributed by atoms with Gasteiger partial charge in [0.1, 0.15) is 5.82 Å². The fourth-order valence-electron chi connectivity index (χ4n) is 0.804. The molecule has 0 saturated carbocycles. The number of anilines is 1. The van der Waals surface area contributed by atoms with Gasteiger partial charge in [-0.1, -0.05) is 6.92 Å². The first kappa shape index (κ1) is 7.54. The van der Waals surface area contributed by atoms with Crippen LogP contribution in [0.15, 0.2) is 5.38 Å². The summed E-state index contributed by atoms with van der Waals surface area (Å²) < 4.78 is 0. The fourth-order valence-corrected chi connectivity index (χ4v) is 1.34. The normalized spacial score (nSPS) is 9.80. The van der Waals surface area contributed by atoms with Crippen LogP contribution in [0.2, 0.25) is 0 Å². The lowest BCUT2D eigenvalue weighted by molar-refractivity contribution is 0.841. The maximum Gasteiger partial charge on any atom is 0.154 e. The molecular formula is C7H11N2S. The van der Waals surface area contributed by atoms with Crippen molar-refractivity contribution in [2.75, 3.05) is 18.5 Å². The summed E-state index contributed by atoms with van der Waals surface area (Å²) >= 11 is 1.52. The molecule has 0 unspecified atom stereocenters. The molecule has 1 aromatic rings. The summed E-state index contributed by atoms with van der Waals surface area (Å²) in [6.07, 6.45) is 1.16. The van der Waals surface area contributed by atoms with E-state index in [0.29, 0.717) is 0 Å². The largest absolute Gasteiger partial charge is 0.359 e. The molecule has 1 aromatic heterocycles. The summed E-state index contributed by atoms with van der Waals surface area (Å²) in [6, 6.07) is 0. The van der Waals surface area contributed by atoms with Crippen LogP contribution in [-0.4, -0.2) is 18.6 Å². The highest BCUT2D eigenvalue weighted by Gasteiger charge is 1.98. The average molecular weight is 155 g/mol. The molecule has 0 aliphatic heterocycles. The van der Waals surface area contributed by atoms with Crippen molar-refractivity contribution in [3.05, 3.63) is 10.9 Å². The summed E-state index contributed by atoms with van der Waals surface area (Å²) in [5.74, 6) is 1.03. The van der Waals surface area contributed by atoms with Gasteiger partial charge in [-0.2, -0.15) is 0 Å². The van der Waals surface area contributed by atoms with E-state index in [9.17, 15) is 0 Å². The summed E-state index contributed by atoms with van der Waals surface area (Å²) in [7, 11) is 2.05. The zero-order valence-corrected chi connectivity index (χ0v) is 7.11. The first-order chi connectivity index (χ1) is 4.84. The average Bonchev–Trinajstić information content (AvgIpc) is 2.38. The number of thiazole rings is 1. The van der Waals surface area contributed by atoms with E-state index >= 15 is 0 Å². The third kappa shape index (κ3) is 1.70. The van der Waals surface area contributed by atoms with Crippen LogP contribution in [0.4, 0.5) is 5.82 Å². The molecule has 3 heteroatoms. The number of rotatable bonds is 3. The second kappa shape index (κ2) is 3.56. The van der Waals surface area contributed by atoms with Gasteiger partial charge in [0, 0.05) is 19.0 Å². The molecule has 1 heterocycles. The van der Waals surface area contributed by atoms with Crippen LogP contribution in [-0.2, 0) is 0 Å². The lowest BCUT2D eigenvalue weighted by Crippen LogP contribution is -2.17. The van der Waals surface area contributed by atoms with E-state index < -0.39 is 0 Å². The van der Waals surface area contributed by atoms with Crippen molar-refractivity contribution in [1.29, 1.82) is 0 Å². The van der Waals surface area contributed by atoms with Gasteiger partial charge >= 0.3 is 0 Å². The molecule has 0 aromatic carbocycles. The fraction of sp³-hybridized carbons (Fsp3) is 0.571. The number of nitrogens with zero attached hydrogens (tertiary/aromatic N) is 2. The Labute approximate surface area is 65.5 Å². The van der Waals surface area contributed by atoms with Crippen LogP contribution in [0, 0.1) is 5.51 Å². The van der Waals surface area contributed by atoms with Crippen LogP contribution in [0.5, 0.6) is 0 Å². The van der Waals surface area contributed by atoms with Crippen molar-refractivity contribution in [2.24, 2.45) is 0 Å². The van der Waals surface area contributed by atoms with Crippen LogP contribution in [0.25, 0.3) is 0 Å². The van der Waals surface area contributed by atoms with E-state index in [-0.39, 0.29) is 0 Å². The maximum atomic E-state index is 4.05. The number of aromatic nitrogens is 1. The minimum absolute atomic E-state index is 1.03. The molecule has 1 rings (SSSR count). The van der Waals surface area contributed by atoms with Gasteiger partial charge in [-0.25, -0.2) is 4.98 Å². The zero-order chi connectivity index (χ0) is 7.40. The Morgan fingerprint density at radius 3 is 3.10 bits per heavy atom. The molecule has 0 amide bonds. The molecule has 0 atom stereocenters. The van der Waals surface area contributed by atoms with Gasteiger partial charge in [0.15, 0.2) is 5.51 Å². The SMILES string of the molecule is CCCN(C)c1cs[c]n1. The Hall–Kier alpha value is -0.570. The Morgan fingerprint density at radius 1 is 1.80 bits per heavy atom. The molecule has 1 radical (unpaired) electrons. The van der Waals surface area contributed by atoms with Gasteiger partial charge < -0.3 is 4.90 Å². The lowest BCUT2D eigenvalue weighted by Gasteiger charge is -2.13. The highest BCUT2D eigenvalue weighted by atomic mass is 32.1. The monoisotopic (exact) mass is 155 g/mol. The quantitative estimate of drug-likeness (QED) is 0.661. The van der Waals surface area contributed by atoms with E-state index in [0.717, 1.165) is 18.8 Å². The lowest BCUT2D eigenvalue weighted by atomic mass is 10.4. The van der Waals surface area contributed by atoms with Crippen molar-refractivity contribution >= 4 is 17.2 Å². The zero-order valence-electron chi connectivity index (χ0n) is 6.29. The van der Waals surface area contributed by atoms with E-state index in [2.05, 4.69) is 22.3 Å². The predicted molar refractivity (Wildman–Crippen MR) is 44.5 cm³/mol. The Morgan fingerprint density at radius 2 is 2.60 bits per heavy atom. The minimum atomic E-state index is 1.03. The van der Waals surface area contributed by atoms with Gasteiger partial charge in [-0.3, -0.25) is 0 Å². The molecule has 0 bridgehead atoms. The maximum absolute atomic E-state index is 4.05. The standard InChI is InChI=1S/C7H11N2S/c1-3-4-9(2)7-5-10-6-8-7/h5H,3-4H2,1-2H3. The molecule has 0 saturated heterocycles. The van der Waals surface area contributed by atoms with Gasteiger partial charge in [0.05, 0.1) is 0 Å². The predicted octanol–water partition coefficient (Wildman–Crippen LogP) is 1.79. The minimum Gasteiger partial charge on any atom is -0.359 e. The van der Waals surface area contributed by atoms with Crippen LogP contribution in [0.1, 0.15) is 13.3 Å². The topological polar surface area (TPSA) is 16.1 Å². The van der Waals surface area contributed by atoms with Crippen molar-refractivity contribution in [3.63, 3.8) is 0 Å². The molecule has 0 aliphatic rings. The number of hydrogen-bond acceptors (Lipinski definition) is 3. The van der Waals surface area contributed by atoms with Crippen LogP contribution >= 0.6 is 11.3 Å². The Balaban J connectivity index is 2.50. The third-order valence-electron chi connectivity index (χ3n) is 1.33. The highest BCUT2D eigenvalue weighted by molar-refractivity contribution is 7.07. The smallest absolute Gasteiger partial charge is 0.154 e. The van der Waals surface area contributed by atoms with Crippen molar-refractivity contribution < 1.29 is 0 Å². The Bertz CT molecular complexity index is 172. The van der Waals surface area contributed by atoms with Gasteiger partial charge in [-0.15, -0.1) is 11.3 Å². The molecule has 10 heavy (non-hydrogen) atoms. The second-order valence-electron chi connectivity index (χ2n) is 2.22. The first-order valence-corrected chi connectivity index (χ1v) is 4.25. The van der Waals surface area contributed by atoms with Crippen LogP contribution in [0.3, 0.4) is 0 Å². The highest BCUT2D eigenvalue weighted by Crippen LogP contribution is 2.10. The van der Waals surface area contributed by atoms with Crippen molar-refractivity contribution in [1.82, 2.24) is 4.98 Å². The molecule has 0 spiro atoms. The summed E-state index contributed by atoms with van der Waals surface area (Å²) in [5, 5.41) is 2.01. The molecule has 0 aliphatic carbocycles. The summed E-state index contributed by atoms with van der Waals surface area (Å²) in [4.78, 5) is 6.19. The van der Waals surface area contributed by atoms with Gasteiger partial charge in [0.25, 0.3) is 0 Å². The van der Waals surface area contributed by atoms with Crippen LogP contribution < -0.4 is 4.90 Å². The van der Waals surface area contributed by atoms with Crippen molar-refractivity contribution in [2.45, 2.75) is 13.3 Å². The Kier molecular flexibility index (Phi) is 2.68. The summed E-state index contributed by atoms with van der Waals surface area (Å²) in [5.41, 5.74) is 2.82. The molecule has 55 valence electrons. The summed E-state index contributed by atoms with van der Waals surface area (Å²) in [6.45, 7) is 3.23. The van der Waals surface area contributed by atoms with E-state index in [1.165, 1.54) is 11.3 Å². The number of hydrogen-bond donors (Lipinski definition) is 0. The van der Waals surface area contributed by atoms with Crippen molar-refractivity contribution in [3.8, 4) is 0 Å². The van der Waals surface area contributed by atoms with E-state index in [1.54, 1.807) is 0 Å². The van der Waals surface area contributed by atoms with E-state index in [4.69, 9.17) is 0 Å². The molecule has 0 N–H and O–H groups in total. The van der Waals surface area contributed by atoms with Gasteiger partial charge in [-0.05, 0) is 6.42 Å². The van der Waals surface area contributed by atoms with E-state index in [1.807, 2.05) is 12.4 Å². The molecule has 2 nitrogen and oxygen atoms in total. The molecule has 0 fully saturated rings. The third-order valence-corrected chi connectivity index (χ3v) is 1.85. The first-order valence-electron chi connectivity index (χ1n) is 3.37. The molecular weight excluding hydrogens is 144 g/mol.